The average molecular weight is 181 g/mol. The predicted octanol–water partition coefficient (Wildman–Crippen LogP) is 2.69. The van der Waals surface area contributed by atoms with Crippen molar-refractivity contribution in [1.82, 2.24) is 9.97 Å². The zero-order valence-corrected chi connectivity index (χ0v) is 7.38. The van der Waals surface area contributed by atoms with E-state index in [1.807, 2.05) is 18.2 Å². The van der Waals surface area contributed by atoms with Crippen LogP contribution in [0.3, 0.4) is 0 Å². The van der Waals surface area contributed by atoms with E-state index in [2.05, 4.69) is 14.8 Å². The maximum atomic E-state index is 6.79. The fourth-order valence-electron chi connectivity index (χ4n) is 1.15. The molecule has 0 aliphatic rings. The fraction of sp³-hybridized carbons (Fsp3) is 0. The van der Waals surface area contributed by atoms with Crippen LogP contribution < -0.4 is 0 Å². The van der Waals surface area contributed by atoms with Gasteiger partial charge in [0.1, 0.15) is 0 Å². The molecule has 0 atom stereocenters. The third-order valence-corrected chi connectivity index (χ3v) is 1.85. The summed E-state index contributed by atoms with van der Waals surface area (Å²) < 4.78 is 0. The number of hydrogen-bond donors (Lipinski definition) is 0. The maximum absolute atomic E-state index is 6.79. The highest BCUT2D eigenvalue weighted by Gasteiger charge is 1.97. The SMILES string of the molecule is [C-]#[N+]c1ccc(-c2ccncc2)nc1. The monoisotopic (exact) mass is 181 g/mol. The van der Waals surface area contributed by atoms with E-state index in [9.17, 15) is 0 Å². The van der Waals surface area contributed by atoms with Gasteiger partial charge in [-0.3, -0.25) is 9.97 Å². The van der Waals surface area contributed by atoms with Crippen LogP contribution in [0.25, 0.3) is 16.1 Å². The molecule has 2 aromatic heterocycles. The number of hydrogen-bond acceptors (Lipinski definition) is 2. The highest BCUT2D eigenvalue weighted by molar-refractivity contribution is 5.60. The van der Waals surface area contributed by atoms with Gasteiger partial charge in [-0.15, -0.1) is 0 Å². The van der Waals surface area contributed by atoms with Crippen LogP contribution in [-0.2, 0) is 0 Å². The van der Waals surface area contributed by atoms with Crippen molar-refractivity contribution in [2.45, 2.75) is 0 Å². The quantitative estimate of drug-likeness (QED) is 0.633. The third kappa shape index (κ3) is 1.59. The van der Waals surface area contributed by atoms with E-state index in [1.54, 1.807) is 24.7 Å². The summed E-state index contributed by atoms with van der Waals surface area (Å²) in [6.45, 7) is 6.79. The third-order valence-electron chi connectivity index (χ3n) is 1.85. The van der Waals surface area contributed by atoms with Gasteiger partial charge >= 0.3 is 0 Å². The van der Waals surface area contributed by atoms with E-state index < -0.39 is 0 Å². The van der Waals surface area contributed by atoms with E-state index >= 15 is 0 Å². The minimum atomic E-state index is 0.558. The highest BCUT2D eigenvalue weighted by atomic mass is 14.7. The first-order valence-corrected chi connectivity index (χ1v) is 4.14. The first-order valence-electron chi connectivity index (χ1n) is 4.14. The van der Waals surface area contributed by atoms with Gasteiger partial charge in [0.15, 0.2) is 0 Å². The average Bonchev–Trinajstić information content (AvgIpc) is 2.30. The van der Waals surface area contributed by atoms with Crippen LogP contribution in [-0.4, -0.2) is 9.97 Å². The largest absolute Gasteiger partial charge is 0.268 e. The Kier molecular flexibility index (Phi) is 2.20. The van der Waals surface area contributed by atoms with E-state index in [0.717, 1.165) is 11.3 Å². The summed E-state index contributed by atoms with van der Waals surface area (Å²) in [7, 11) is 0. The lowest BCUT2D eigenvalue weighted by Crippen LogP contribution is -1.81. The van der Waals surface area contributed by atoms with Crippen LogP contribution in [0.4, 0.5) is 5.69 Å². The second kappa shape index (κ2) is 3.67. The molecule has 0 N–H and O–H groups in total. The van der Waals surface area contributed by atoms with Crippen molar-refractivity contribution in [1.29, 1.82) is 0 Å². The molecule has 0 saturated carbocycles. The summed E-state index contributed by atoms with van der Waals surface area (Å²) in [5.74, 6) is 0. The van der Waals surface area contributed by atoms with Crippen LogP contribution >= 0.6 is 0 Å². The molecule has 0 aromatic carbocycles. The van der Waals surface area contributed by atoms with Gasteiger partial charge in [-0.25, -0.2) is 4.85 Å². The number of aromatic nitrogens is 2. The number of pyridine rings is 2. The van der Waals surface area contributed by atoms with Gasteiger partial charge in [0.05, 0.1) is 12.3 Å². The molecular formula is C11H7N3. The molecule has 0 aliphatic heterocycles. The summed E-state index contributed by atoms with van der Waals surface area (Å²) >= 11 is 0. The van der Waals surface area contributed by atoms with Gasteiger partial charge in [-0.1, -0.05) is 6.07 Å². The lowest BCUT2D eigenvalue weighted by Gasteiger charge is -1.98. The normalized spacial score (nSPS) is 9.36. The Morgan fingerprint density at radius 2 is 1.86 bits per heavy atom. The second-order valence-electron chi connectivity index (χ2n) is 2.75. The molecular weight excluding hydrogens is 174 g/mol. The Balaban J connectivity index is 2.40. The van der Waals surface area contributed by atoms with Crippen molar-refractivity contribution in [3.63, 3.8) is 0 Å². The summed E-state index contributed by atoms with van der Waals surface area (Å²) in [4.78, 5) is 11.4. The van der Waals surface area contributed by atoms with Crippen molar-refractivity contribution >= 4 is 5.69 Å². The van der Waals surface area contributed by atoms with Crippen molar-refractivity contribution in [3.8, 4) is 11.3 Å². The number of nitrogens with zero attached hydrogens (tertiary/aromatic N) is 3. The summed E-state index contributed by atoms with van der Waals surface area (Å²) in [6, 6.07) is 7.37. The van der Waals surface area contributed by atoms with E-state index in [4.69, 9.17) is 6.57 Å². The van der Waals surface area contributed by atoms with E-state index in [1.165, 1.54) is 0 Å². The van der Waals surface area contributed by atoms with Crippen molar-refractivity contribution in [3.05, 3.63) is 54.3 Å². The van der Waals surface area contributed by atoms with Gasteiger partial charge in [0.25, 0.3) is 0 Å². The summed E-state index contributed by atoms with van der Waals surface area (Å²) in [5.41, 5.74) is 2.43. The Morgan fingerprint density at radius 1 is 1.07 bits per heavy atom. The van der Waals surface area contributed by atoms with Gasteiger partial charge in [-0.05, 0) is 18.2 Å². The zero-order chi connectivity index (χ0) is 9.80. The van der Waals surface area contributed by atoms with Crippen molar-refractivity contribution in [2.24, 2.45) is 0 Å². The molecule has 0 spiro atoms. The van der Waals surface area contributed by atoms with Crippen molar-refractivity contribution < 1.29 is 0 Å². The van der Waals surface area contributed by atoms with Crippen LogP contribution in [0.5, 0.6) is 0 Å². The molecule has 3 heteroatoms. The van der Waals surface area contributed by atoms with Crippen LogP contribution in [0.1, 0.15) is 0 Å². The topological polar surface area (TPSA) is 30.1 Å². The standard InChI is InChI=1S/C11H7N3/c1-12-10-2-3-11(14-8-10)9-4-6-13-7-5-9/h2-8H. The Hall–Kier alpha value is -2.21. The van der Waals surface area contributed by atoms with Gasteiger partial charge < -0.3 is 0 Å². The van der Waals surface area contributed by atoms with Crippen LogP contribution in [0, 0.1) is 6.57 Å². The molecule has 66 valence electrons. The molecule has 0 amide bonds. The highest BCUT2D eigenvalue weighted by Crippen LogP contribution is 2.18. The second-order valence-corrected chi connectivity index (χ2v) is 2.75. The molecule has 2 heterocycles. The Morgan fingerprint density at radius 3 is 2.43 bits per heavy atom. The summed E-state index contributed by atoms with van der Waals surface area (Å²) in [6.07, 6.45) is 5.02. The molecule has 2 rings (SSSR count). The minimum absolute atomic E-state index is 0.558. The molecule has 0 aliphatic carbocycles. The molecule has 3 nitrogen and oxygen atoms in total. The van der Waals surface area contributed by atoms with E-state index in [-0.39, 0.29) is 0 Å². The first-order chi connectivity index (χ1) is 6.90. The van der Waals surface area contributed by atoms with Gasteiger partial charge in [0.2, 0.25) is 5.69 Å². The Labute approximate surface area is 81.9 Å². The van der Waals surface area contributed by atoms with Gasteiger partial charge in [-0.2, -0.15) is 0 Å². The Bertz CT molecular complexity index is 454. The van der Waals surface area contributed by atoms with Crippen LogP contribution in [0.2, 0.25) is 0 Å². The van der Waals surface area contributed by atoms with E-state index in [0.29, 0.717) is 5.69 Å². The molecule has 0 bridgehead atoms. The minimum Gasteiger partial charge on any atom is -0.268 e. The van der Waals surface area contributed by atoms with Crippen LogP contribution in [0.15, 0.2) is 42.9 Å². The van der Waals surface area contributed by atoms with Gasteiger partial charge in [0, 0.05) is 24.2 Å². The maximum Gasteiger partial charge on any atom is 0.205 e. The molecule has 0 radical (unpaired) electrons. The molecule has 0 fully saturated rings. The molecule has 14 heavy (non-hydrogen) atoms. The smallest absolute Gasteiger partial charge is 0.205 e. The lowest BCUT2D eigenvalue weighted by molar-refractivity contribution is 1.29. The van der Waals surface area contributed by atoms with Crippen molar-refractivity contribution in [2.75, 3.05) is 0 Å². The predicted molar refractivity (Wildman–Crippen MR) is 53.7 cm³/mol. The molecule has 0 saturated heterocycles. The first kappa shape index (κ1) is 8.39. The molecule has 0 unspecified atom stereocenters. The fourth-order valence-corrected chi connectivity index (χ4v) is 1.15. The number of rotatable bonds is 1. The zero-order valence-electron chi connectivity index (χ0n) is 7.38. The lowest BCUT2D eigenvalue weighted by atomic mass is 10.2. The summed E-state index contributed by atoms with van der Waals surface area (Å²) in [5, 5.41) is 0. The molecule has 2 aromatic rings.